The van der Waals surface area contributed by atoms with E-state index in [1.807, 2.05) is 30.3 Å². The molecule has 5 aromatic rings. The third kappa shape index (κ3) is 3.94. The molecule has 6 heteroatoms. The van der Waals surface area contributed by atoms with Crippen LogP contribution in [0.3, 0.4) is 0 Å². The van der Waals surface area contributed by atoms with Crippen molar-refractivity contribution < 1.29 is 9.47 Å². The maximum absolute atomic E-state index is 5.54. The lowest BCUT2D eigenvalue weighted by atomic mass is 9.76. The summed E-state index contributed by atoms with van der Waals surface area (Å²) in [6.07, 6.45) is 2.28. The van der Waals surface area contributed by atoms with Crippen molar-refractivity contribution in [2.45, 2.75) is 5.54 Å². The van der Waals surface area contributed by atoms with E-state index in [1.54, 1.807) is 14.2 Å². The Kier molecular flexibility index (Phi) is 6.46. The Balaban J connectivity index is 1.83. The average molecular weight is 663 g/mol. The largest absolute Gasteiger partial charge is 0.497 e. The van der Waals surface area contributed by atoms with Crippen molar-refractivity contribution in [3.05, 3.63) is 128 Å². The van der Waals surface area contributed by atoms with Gasteiger partial charge >= 0.3 is 0 Å². The lowest BCUT2D eigenvalue weighted by Gasteiger charge is -2.39. The van der Waals surface area contributed by atoms with E-state index >= 15 is 0 Å². The van der Waals surface area contributed by atoms with E-state index in [1.165, 1.54) is 5.56 Å². The minimum atomic E-state index is -0.715. The molecule has 1 aliphatic heterocycles. The fraction of sp³-hybridized carbons (Fsp3) is 0.0968. The van der Waals surface area contributed by atoms with Crippen LogP contribution in [0, 0.1) is 0 Å². The lowest BCUT2D eigenvalue weighted by molar-refractivity contribution is 0.413. The molecular weight excluding hydrogens is 639 g/mol. The Hall–Kier alpha value is -3.23. The average Bonchev–Trinajstić information content (AvgIpc) is 3.28. The highest BCUT2D eigenvalue weighted by atomic mass is 127. The van der Waals surface area contributed by atoms with Crippen LogP contribution in [0.25, 0.3) is 17.1 Å². The Morgan fingerprint density at radius 2 is 1.35 bits per heavy atom. The van der Waals surface area contributed by atoms with Gasteiger partial charge < -0.3 is 14.0 Å². The summed E-state index contributed by atoms with van der Waals surface area (Å²) in [5.74, 6) is 1.64. The van der Waals surface area contributed by atoms with Crippen LogP contribution in [0.1, 0.15) is 27.9 Å². The molecule has 0 N–H and O–H groups in total. The van der Waals surface area contributed by atoms with Crippen molar-refractivity contribution in [1.82, 2.24) is 9.55 Å². The van der Waals surface area contributed by atoms with Crippen molar-refractivity contribution in [1.29, 1.82) is 0 Å². The highest BCUT2D eigenvalue weighted by Gasteiger charge is 2.42. The van der Waals surface area contributed by atoms with Crippen LogP contribution in [0.4, 0.5) is 0 Å². The third-order valence-electron chi connectivity index (χ3n) is 6.87. The molecule has 0 radical (unpaired) electrons. The second kappa shape index (κ2) is 9.91. The van der Waals surface area contributed by atoms with E-state index in [-0.39, 0.29) is 20.7 Å². The molecule has 0 bridgehead atoms. The zero-order valence-corrected chi connectivity index (χ0v) is 24.1. The summed E-state index contributed by atoms with van der Waals surface area (Å²) in [5.41, 5.74) is 5.99. The van der Waals surface area contributed by atoms with Crippen LogP contribution in [-0.4, -0.2) is 27.8 Å². The van der Waals surface area contributed by atoms with Gasteiger partial charge in [0.25, 0.3) is 0 Å². The van der Waals surface area contributed by atoms with Gasteiger partial charge in [0.1, 0.15) is 27.3 Å². The number of pyridine rings is 1. The lowest BCUT2D eigenvalue weighted by Crippen LogP contribution is -2.38. The molecule has 184 valence electrons. The number of fused-ring (bicyclic) bond motifs is 3. The fourth-order valence-corrected chi connectivity index (χ4v) is 7.29. The zero-order valence-electron chi connectivity index (χ0n) is 20.4. The monoisotopic (exact) mass is 662 g/mol. The molecule has 0 unspecified atom stereocenters. The number of benzene rings is 3. The number of methoxy groups -OCH3 is 2. The third-order valence-corrected chi connectivity index (χ3v) is 9.07. The van der Waals surface area contributed by atoms with E-state index in [2.05, 4.69) is 95.3 Å². The summed E-state index contributed by atoms with van der Waals surface area (Å²) in [7, 11) is 3.40. The van der Waals surface area contributed by atoms with Crippen LogP contribution in [-0.2, 0) is 5.54 Å². The van der Waals surface area contributed by atoms with Gasteiger partial charge in [0.05, 0.1) is 19.9 Å². The first-order chi connectivity index (χ1) is 18.2. The van der Waals surface area contributed by atoms with E-state index in [9.17, 15) is 0 Å². The number of hydrogen-bond donors (Lipinski definition) is 0. The second-order valence-electron chi connectivity index (χ2n) is 8.70. The molecule has 0 amide bonds. The number of rotatable bonds is 6. The molecule has 3 heterocycles. The Bertz CT molecular complexity index is 1590. The van der Waals surface area contributed by atoms with Crippen LogP contribution in [0.5, 0.6) is 11.5 Å². The molecule has 6 rings (SSSR count). The van der Waals surface area contributed by atoms with E-state index in [0.717, 1.165) is 49.5 Å². The molecular formula is C31H24BrIN2O2. The van der Waals surface area contributed by atoms with Crippen LogP contribution in [0.15, 0.2) is 99.7 Å². The highest BCUT2D eigenvalue weighted by molar-refractivity contribution is 14.2. The van der Waals surface area contributed by atoms with E-state index < -0.39 is 5.54 Å². The first-order valence-corrected chi connectivity index (χ1v) is 15.1. The van der Waals surface area contributed by atoms with Crippen molar-refractivity contribution in [3.63, 3.8) is 0 Å². The summed E-state index contributed by atoms with van der Waals surface area (Å²) < 4.78 is 19.0. The highest BCUT2D eigenvalue weighted by Crippen LogP contribution is 2.46. The van der Waals surface area contributed by atoms with Gasteiger partial charge in [-0.1, -0.05) is 75.3 Å². The summed E-state index contributed by atoms with van der Waals surface area (Å²) in [6, 6.07) is 31.7. The van der Waals surface area contributed by atoms with Crippen molar-refractivity contribution in [2.24, 2.45) is 0 Å². The Morgan fingerprint density at radius 3 is 1.95 bits per heavy atom. The Labute approximate surface area is 234 Å². The van der Waals surface area contributed by atoms with E-state index in [0.29, 0.717) is 0 Å². The minimum absolute atomic E-state index is 0.151. The predicted molar refractivity (Wildman–Crippen MR) is 163 cm³/mol. The smallest absolute Gasteiger partial charge is 0.143 e. The first-order valence-electron chi connectivity index (χ1n) is 11.8. The fourth-order valence-electron chi connectivity index (χ4n) is 5.22. The maximum Gasteiger partial charge on any atom is 0.143 e. The Morgan fingerprint density at radius 1 is 0.757 bits per heavy atom. The van der Waals surface area contributed by atoms with Gasteiger partial charge in [0, 0.05) is 10.9 Å². The number of hydrogen-bond acceptors (Lipinski definition) is 3. The maximum atomic E-state index is 5.54. The molecule has 0 saturated carbocycles. The first kappa shape index (κ1) is 24.1. The molecule has 0 atom stereocenters. The van der Waals surface area contributed by atoms with Crippen molar-refractivity contribution in [3.8, 4) is 11.5 Å². The summed E-state index contributed by atoms with van der Waals surface area (Å²) in [4.78, 5) is 5.08. The quantitative estimate of drug-likeness (QED) is 0.106. The second-order valence-corrected chi connectivity index (χ2v) is 11.6. The predicted octanol–water partition coefficient (Wildman–Crippen LogP) is 7.76. The van der Waals surface area contributed by atoms with Gasteiger partial charge in [-0.05, 0) is 83.2 Å². The molecule has 0 aliphatic carbocycles. The molecule has 4 nitrogen and oxygen atoms in total. The number of ether oxygens (including phenoxy) is 2. The molecule has 2 aromatic heterocycles. The standard InChI is InChI=1S/C31H24BrIN2O2/c1-36-24-12-8-22(9-13-24)31(21-6-4-3-5-7-21,23-10-14-25(37-2)15-11-23)35-28-18-19-33-20-27(28)26-16-17-29(32)34-30(26)35/h3-20H,1-2H3. The molecule has 0 saturated heterocycles. The molecule has 0 fully saturated rings. The SMILES string of the molecule is COc1ccc(C(c2ccccc2)(c2ccc(OC)cc2)n2c3c(c4ccc(Br)nc42)C=IC=C3)cc1. The van der Waals surface area contributed by atoms with Crippen LogP contribution in [0.2, 0.25) is 0 Å². The number of halogens is 2. The van der Waals surface area contributed by atoms with Gasteiger partial charge in [-0.3, -0.25) is 0 Å². The van der Waals surface area contributed by atoms with Gasteiger partial charge in [-0.15, -0.1) is 0 Å². The molecule has 37 heavy (non-hydrogen) atoms. The number of aromatic nitrogens is 2. The van der Waals surface area contributed by atoms with E-state index in [4.69, 9.17) is 14.5 Å². The molecule has 1 aliphatic rings. The van der Waals surface area contributed by atoms with Gasteiger partial charge in [-0.25, -0.2) is 4.98 Å². The van der Waals surface area contributed by atoms with Crippen LogP contribution >= 0.6 is 36.7 Å². The van der Waals surface area contributed by atoms with Crippen molar-refractivity contribution >= 4 is 57.8 Å². The summed E-state index contributed by atoms with van der Waals surface area (Å²) in [5, 5.41) is 1.16. The topological polar surface area (TPSA) is 36.3 Å². The summed E-state index contributed by atoms with van der Waals surface area (Å²) >= 11 is 3.50. The molecule has 0 spiro atoms. The van der Waals surface area contributed by atoms with Gasteiger partial charge in [0.15, 0.2) is 0 Å². The van der Waals surface area contributed by atoms with Gasteiger partial charge in [-0.2, -0.15) is 0 Å². The minimum Gasteiger partial charge on any atom is -0.497 e. The van der Waals surface area contributed by atoms with Crippen LogP contribution < -0.4 is 9.47 Å². The van der Waals surface area contributed by atoms with Gasteiger partial charge in [0.2, 0.25) is 0 Å². The summed E-state index contributed by atoms with van der Waals surface area (Å²) in [6.45, 7) is 0. The molecule has 3 aromatic carbocycles. The zero-order chi connectivity index (χ0) is 25.4. The number of nitrogens with zero attached hydrogens (tertiary/aromatic N) is 2. The van der Waals surface area contributed by atoms with Crippen molar-refractivity contribution in [2.75, 3.05) is 14.2 Å². The normalized spacial score (nSPS) is 12.7.